The first-order valence-electron chi connectivity index (χ1n) is 8.11. The molecule has 0 amide bonds. The van der Waals surface area contributed by atoms with Crippen molar-refractivity contribution in [2.75, 3.05) is 19.0 Å². The van der Waals surface area contributed by atoms with Gasteiger partial charge in [0.1, 0.15) is 0 Å². The molecule has 2 aliphatic carbocycles. The number of fused-ring (bicyclic) bond motifs is 2. The largest absolute Gasteiger partial charge is 0.378 e. The molecule has 1 aliphatic heterocycles. The third-order valence-corrected chi connectivity index (χ3v) is 5.41. The minimum absolute atomic E-state index is 0.443. The average molecular weight is 332 g/mol. The van der Waals surface area contributed by atoms with Crippen molar-refractivity contribution in [1.29, 1.82) is 0 Å². The summed E-state index contributed by atoms with van der Waals surface area (Å²) in [4.78, 5) is 3.46. The van der Waals surface area contributed by atoms with E-state index in [0.717, 1.165) is 0 Å². The lowest BCUT2D eigenvalue weighted by Gasteiger charge is -2.21. The fourth-order valence-electron chi connectivity index (χ4n) is 3.05. The predicted octanol–water partition coefficient (Wildman–Crippen LogP) is 5.14. The number of benzene rings is 1. The van der Waals surface area contributed by atoms with Crippen LogP contribution in [0.25, 0.3) is 6.08 Å². The van der Waals surface area contributed by atoms with E-state index < -0.39 is 0 Å². The highest BCUT2D eigenvalue weighted by molar-refractivity contribution is 8.01. The number of anilines is 1. The van der Waals surface area contributed by atoms with Crippen LogP contribution >= 0.6 is 11.9 Å². The van der Waals surface area contributed by atoms with Crippen LogP contribution in [0.4, 0.5) is 5.69 Å². The van der Waals surface area contributed by atoms with Gasteiger partial charge in [-0.15, -0.1) is 0 Å². The van der Waals surface area contributed by atoms with E-state index >= 15 is 0 Å². The van der Waals surface area contributed by atoms with Gasteiger partial charge in [0.25, 0.3) is 0 Å². The third kappa shape index (κ3) is 2.87. The molecule has 1 atom stereocenters. The highest BCUT2D eigenvalue weighted by Gasteiger charge is 2.27. The summed E-state index contributed by atoms with van der Waals surface area (Å²) in [6.07, 6.45) is 19.7. The summed E-state index contributed by atoms with van der Waals surface area (Å²) in [7, 11) is 4.12. The maximum Gasteiger partial charge on any atom is 0.0361 e. The van der Waals surface area contributed by atoms with Gasteiger partial charge in [0.15, 0.2) is 0 Å². The Morgan fingerprint density at radius 3 is 2.71 bits per heavy atom. The van der Waals surface area contributed by atoms with Gasteiger partial charge < -0.3 is 4.90 Å². The van der Waals surface area contributed by atoms with E-state index in [1.807, 2.05) is 0 Å². The summed E-state index contributed by atoms with van der Waals surface area (Å²) in [5.41, 5.74) is 5.23. The lowest BCUT2D eigenvalue weighted by Crippen LogP contribution is -2.08. The highest BCUT2D eigenvalue weighted by atomic mass is 32.2. The van der Waals surface area contributed by atoms with Gasteiger partial charge in [-0.25, -0.2) is 0 Å². The highest BCUT2D eigenvalue weighted by Crippen LogP contribution is 2.44. The summed E-state index contributed by atoms with van der Waals surface area (Å²) >= 11 is 1.78. The van der Waals surface area contributed by atoms with Crippen LogP contribution in [0.2, 0.25) is 0 Å². The lowest BCUT2D eigenvalue weighted by atomic mass is 9.92. The molecule has 0 saturated carbocycles. The average Bonchev–Trinajstić information content (AvgIpc) is 2.98. The molecule has 0 fully saturated rings. The van der Waals surface area contributed by atoms with Crippen molar-refractivity contribution in [3.05, 3.63) is 94.7 Å². The molecule has 4 rings (SSSR count). The summed E-state index contributed by atoms with van der Waals surface area (Å²) in [5, 5.41) is 0. The molecule has 120 valence electrons. The Hall–Kier alpha value is -2.39. The topological polar surface area (TPSA) is 6.48 Å². The van der Waals surface area contributed by atoms with Crippen LogP contribution in [0.3, 0.4) is 0 Å². The molecular weight excluding hydrogens is 312 g/mol. The first kappa shape index (κ1) is 15.2. The van der Waals surface area contributed by atoms with Crippen LogP contribution in [0.15, 0.2) is 89.2 Å². The first-order valence-corrected chi connectivity index (χ1v) is 8.89. The number of hydrogen-bond acceptors (Lipinski definition) is 3. The van der Waals surface area contributed by atoms with Crippen molar-refractivity contribution in [2.45, 2.75) is 0 Å². The second-order valence-corrected chi connectivity index (χ2v) is 7.30. The van der Waals surface area contributed by atoms with Crippen molar-refractivity contribution >= 4 is 23.7 Å². The predicted molar refractivity (Wildman–Crippen MR) is 105 cm³/mol. The fourth-order valence-corrected chi connectivity index (χ4v) is 4.01. The van der Waals surface area contributed by atoms with Gasteiger partial charge in [-0.3, -0.25) is 4.31 Å². The summed E-state index contributed by atoms with van der Waals surface area (Å²) in [6.45, 7) is 0. The van der Waals surface area contributed by atoms with Crippen LogP contribution in [0, 0.1) is 5.92 Å². The summed E-state index contributed by atoms with van der Waals surface area (Å²) in [6, 6.07) is 8.58. The molecule has 3 heteroatoms. The molecular formula is C21H20N2S. The van der Waals surface area contributed by atoms with Gasteiger partial charge in [0.05, 0.1) is 0 Å². The minimum atomic E-state index is 0.443. The molecule has 1 unspecified atom stereocenters. The normalized spacial score (nSPS) is 21.3. The van der Waals surface area contributed by atoms with E-state index in [1.54, 1.807) is 11.9 Å². The number of rotatable bonds is 3. The third-order valence-electron chi connectivity index (χ3n) is 4.41. The lowest BCUT2D eigenvalue weighted by molar-refractivity contribution is 0.847. The zero-order valence-corrected chi connectivity index (χ0v) is 14.7. The molecule has 1 aromatic carbocycles. The maximum atomic E-state index is 2.31. The van der Waals surface area contributed by atoms with Gasteiger partial charge in [-0.2, -0.15) is 0 Å². The molecule has 0 bridgehead atoms. The minimum Gasteiger partial charge on any atom is -0.378 e. The smallest absolute Gasteiger partial charge is 0.0361 e. The van der Waals surface area contributed by atoms with E-state index in [2.05, 4.69) is 102 Å². The Balaban J connectivity index is 1.46. The standard InChI is InChI=1S/C21H20N2S/c1-22(2)18-9-7-16(8-10-18)11-13-23-14-12-20-19-6-4-3-5-17(19)15-21(20)24-23/h3-15,19H,1-2H3. The molecule has 0 saturated heterocycles. The Kier molecular flexibility index (Phi) is 3.95. The van der Waals surface area contributed by atoms with Crippen LogP contribution in [-0.4, -0.2) is 18.4 Å². The molecule has 24 heavy (non-hydrogen) atoms. The zero-order valence-electron chi connectivity index (χ0n) is 13.9. The summed E-state index contributed by atoms with van der Waals surface area (Å²) < 4.78 is 2.17. The molecule has 0 spiro atoms. The van der Waals surface area contributed by atoms with E-state index in [0.29, 0.717) is 5.92 Å². The van der Waals surface area contributed by atoms with E-state index in [9.17, 15) is 0 Å². The van der Waals surface area contributed by atoms with Crippen molar-refractivity contribution in [2.24, 2.45) is 5.92 Å². The Morgan fingerprint density at radius 2 is 1.92 bits per heavy atom. The molecule has 2 nitrogen and oxygen atoms in total. The van der Waals surface area contributed by atoms with Gasteiger partial charge in [-0.05, 0) is 59.0 Å². The molecule has 0 aromatic heterocycles. The second-order valence-electron chi connectivity index (χ2n) is 6.25. The molecule has 0 N–H and O–H groups in total. The second kappa shape index (κ2) is 6.25. The first-order chi connectivity index (χ1) is 11.7. The molecule has 1 aromatic rings. The van der Waals surface area contributed by atoms with Crippen LogP contribution in [0.5, 0.6) is 0 Å². The molecule has 3 aliphatic rings. The van der Waals surface area contributed by atoms with E-state index in [-0.39, 0.29) is 0 Å². The number of allylic oxidation sites excluding steroid dienone is 8. The fraction of sp³-hybridized carbons (Fsp3) is 0.143. The summed E-state index contributed by atoms with van der Waals surface area (Å²) in [5.74, 6) is 0.443. The van der Waals surface area contributed by atoms with Crippen molar-refractivity contribution in [3.8, 4) is 0 Å². The van der Waals surface area contributed by atoms with Crippen LogP contribution in [0.1, 0.15) is 5.56 Å². The van der Waals surface area contributed by atoms with E-state index in [1.165, 1.54) is 27.3 Å². The number of hydrogen-bond donors (Lipinski definition) is 0. The van der Waals surface area contributed by atoms with Gasteiger partial charge in [0, 0.05) is 43.0 Å². The van der Waals surface area contributed by atoms with E-state index in [4.69, 9.17) is 0 Å². The zero-order chi connectivity index (χ0) is 16.5. The van der Waals surface area contributed by atoms with Gasteiger partial charge in [-0.1, -0.05) is 36.4 Å². The monoisotopic (exact) mass is 332 g/mol. The van der Waals surface area contributed by atoms with Gasteiger partial charge in [0.2, 0.25) is 0 Å². The molecule has 1 heterocycles. The van der Waals surface area contributed by atoms with Crippen molar-refractivity contribution in [1.82, 2.24) is 4.31 Å². The van der Waals surface area contributed by atoms with Crippen LogP contribution in [-0.2, 0) is 0 Å². The van der Waals surface area contributed by atoms with Crippen molar-refractivity contribution < 1.29 is 0 Å². The number of nitrogens with zero attached hydrogens (tertiary/aromatic N) is 2. The SMILES string of the molecule is CN(C)c1ccc(C=CN2C=CC3=C(C=C4C=CC=CC43)S2)cc1. The molecule has 0 radical (unpaired) electrons. The Bertz CT molecular complexity index is 820. The Morgan fingerprint density at radius 1 is 1.08 bits per heavy atom. The quantitative estimate of drug-likeness (QED) is 0.708. The van der Waals surface area contributed by atoms with Gasteiger partial charge >= 0.3 is 0 Å². The van der Waals surface area contributed by atoms with Crippen LogP contribution < -0.4 is 4.90 Å². The maximum absolute atomic E-state index is 2.31. The van der Waals surface area contributed by atoms with Crippen molar-refractivity contribution in [3.63, 3.8) is 0 Å². The Labute approximate surface area is 148 Å².